The number of nitrogens with zero attached hydrogens (tertiary/aromatic N) is 1. The fourth-order valence-corrected chi connectivity index (χ4v) is 3.56. The molecule has 1 N–H and O–H groups in total. The number of amides is 1. The fraction of sp³-hybridized carbons (Fsp3) is 0.150. The lowest BCUT2D eigenvalue weighted by Gasteiger charge is -2.08. The molecule has 0 radical (unpaired) electrons. The number of pyridine rings is 1. The van der Waals surface area contributed by atoms with Gasteiger partial charge < -0.3 is 10.1 Å². The summed E-state index contributed by atoms with van der Waals surface area (Å²) in [5, 5.41) is 5.19. The molecule has 3 rings (SSSR count). The first-order chi connectivity index (χ1) is 12.7. The van der Waals surface area contributed by atoms with Gasteiger partial charge in [-0.3, -0.25) is 9.78 Å². The molecule has 0 saturated carbocycles. The standard InChI is InChI=1S/C20H18N2O3S/c1-25-20(24)18-16(15-9-11-21-12-10-15)13-26-19(18)22-17(23)8-7-14-5-3-2-4-6-14/h2-6,9-13H,7-8H2,1H3,(H,22,23). The zero-order valence-electron chi connectivity index (χ0n) is 14.3. The van der Waals surface area contributed by atoms with E-state index in [4.69, 9.17) is 4.74 Å². The Morgan fingerprint density at radius 1 is 1.12 bits per heavy atom. The van der Waals surface area contributed by atoms with Crippen molar-refractivity contribution in [3.63, 3.8) is 0 Å². The Balaban J connectivity index is 1.78. The van der Waals surface area contributed by atoms with Crippen molar-refractivity contribution in [2.24, 2.45) is 0 Å². The second-order valence-electron chi connectivity index (χ2n) is 5.61. The van der Waals surface area contributed by atoms with E-state index in [-0.39, 0.29) is 5.91 Å². The van der Waals surface area contributed by atoms with Gasteiger partial charge in [0.2, 0.25) is 5.91 Å². The molecule has 0 bridgehead atoms. The molecule has 0 unspecified atom stereocenters. The Morgan fingerprint density at radius 2 is 1.85 bits per heavy atom. The quantitative estimate of drug-likeness (QED) is 0.665. The molecule has 0 spiro atoms. The highest BCUT2D eigenvalue weighted by Crippen LogP contribution is 2.36. The number of methoxy groups -OCH3 is 1. The number of rotatable bonds is 6. The van der Waals surface area contributed by atoms with Crippen molar-refractivity contribution in [3.05, 3.63) is 71.4 Å². The summed E-state index contributed by atoms with van der Waals surface area (Å²) in [5.41, 5.74) is 3.04. The first kappa shape index (κ1) is 17.8. The highest BCUT2D eigenvalue weighted by Gasteiger charge is 2.22. The van der Waals surface area contributed by atoms with Gasteiger partial charge in [0.1, 0.15) is 10.6 Å². The zero-order chi connectivity index (χ0) is 18.4. The Kier molecular flexibility index (Phi) is 5.76. The van der Waals surface area contributed by atoms with Crippen LogP contribution in [-0.4, -0.2) is 24.0 Å². The van der Waals surface area contributed by atoms with Gasteiger partial charge in [0, 0.05) is 29.8 Å². The predicted octanol–water partition coefficient (Wildman–Crippen LogP) is 4.17. The summed E-state index contributed by atoms with van der Waals surface area (Å²) in [4.78, 5) is 28.6. The van der Waals surface area contributed by atoms with Crippen molar-refractivity contribution in [2.45, 2.75) is 12.8 Å². The molecule has 0 aliphatic heterocycles. The highest BCUT2D eigenvalue weighted by atomic mass is 32.1. The van der Waals surface area contributed by atoms with Crippen molar-refractivity contribution in [1.29, 1.82) is 0 Å². The molecule has 0 aliphatic rings. The maximum atomic E-state index is 12.3. The van der Waals surface area contributed by atoms with Crippen LogP contribution in [0.2, 0.25) is 0 Å². The summed E-state index contributed by atoms with van der Waals surface area (Å²) in [6.45, 7) is 0. The number of carbonyl (C=O) groups excluding carboxylic acids is 2. The van der Waals surface area contributed by atoms with E-state index in [1.165, 1.54) is 18.4 Å². The lowest BCUT2D eigenvalue weighted by atomic mass is 10.1. The third-order valence-corrected chi connectivity index (χ3v) is 4.80. The molecule has 0 atom stereocenters. The second kappa shape index (κ2) is 8.40. The van der Waals surface area contributed by atoms with E-state index in [9.17, 15) is 9.59 Å². The van der Waals surface area contributed by atoms with Crippen LogP contribution in [0.5, 0.6) is 0 Å². The van der Waals surface area contributed by atoms with Crippen molar-refractivity contribution in [2.75, 3.05) is 12.4 Å². The van der Waals surface area contributed by atoms with Crippen LogP contribution >= 0.6 is 11.3 Å². The molecular weight excluding hydrogens is 348 g/mol. The number of hydrogen-bond donors (Lipinski definition) is 1. The predicted molar refractivity (Wildman–Crippen MR) is 102 cm³/mol. The number of thiophene rings is 1. The number of anilines is 1. The Bertz CT molecular complexity index is 892. The van der Waals surface area contributed by atoms with Crippen LogP contribution in [0.25, 0.3) is 11.1 Å². The molecule has 2 heterocycles. The van der Waals surface area contributed by atoms with Gasteiger partial charge in [0.15, 0.2) is 0 Å². The summed E-state index contributed by atoms with van der Waals surface area (Å²) in [6.07, 6.45) is 4.30. The number of benzene rings is 1. The smallest absolute Gasteiger partial charge is 0.341 e. The molecule has 0 aliphatic carbocycles. The lowest BCUT2D eigenvalue weighted by Crippen LogP contribution is -2.14. The minimum absolute atomic E-state index is 0.137. The third kappa shape index (κ3) is 4.15. The molecule has 26 heavy (non-hydrogen) atoms. The first-order valence-electron chi connectivity index (χ1n) is 8.13. The van der Waals surface area contributed by atoms with Crippen molar-refractivity contribution in [1.82, 2.24) is 4.98 Å². The van der Waals surface area contributed by atoms with Crippen molar-refractivity contribution in [3.8, 4) is 11.1 Å². The molecule has 0 saturated heterocycles. The molecular formula is C20H18N2O3S. The van der Waals surface area contributed by atoms with E-state index in [0.29, 0.717) is 23.4 Å². The average molecular weight is 366 g/mol. The van der Waals surface area contributed by atoms with Crippen molar-refractivity contribution < 1.29 is 14.3 Å². The Labute approximate surface area is 155 Å². The van der Waals surface area contributed by atoms with Crippen LogP contribution in [0.4, 0.5) is 5.00 Å². The monoisotopic (exact) mass is 366 g/mol. The van der Waals surface area contributed by atoms with E-state index in [1.54, 1.807) is 12.4 Å². The molecule has 3 aromatic rings. The molecule has 5 nitrogen and oxygen atoms in total. The Hall–Kier alpha value is -2.99. The van der Waals surface area contributed by atoms with Gasteiger partial charge in [0.05, 0.1) is 7.11 Å². The van der Waals surface area contributed by atoms with Gasteiger partial charge in [-0.2, -0.15) is 0 Å². The topological polar surface area (TPSA) is 68.3 Å². The van der Waals surface area contributed by atoms with Crippen LogP contribution in [-0.2, 0) is 16.0 Å². The molecule has 1 amide bonds. The van der Waals surface area contributed by atoms with E-state index in [1.807, 2.05) is 47.8 Å². The second-order valence-corrected chi connectivity index (χ2v) is 6.49. The summed E-state index contributed by atoms with van der Waals surface area (Å²) < 4.78 is 4.91. The number of aryl methyl sites for hydroxylation is 1. The lowest BCUT2D eigenvalue weighted by molar-refractivity contribution is -0.116. The fourth-order valence-electron chi connectivity index (χ4n) is 2.59. The van der Waals surface area contributed by atoms with Gasteiger partial charge in [-0.1, -0.05) is 30.3 Å². The summed E-state index contributed by atoms with van der Waals surface area (Å²) in [7, 11) is 1.33. The SMILES string of the molecule is COC(=O)c1c(-c2ccncc2)csc1NC(=O)CCc1ccccc1. The summed E-state index contributed by atoms with van der Waals surface area (Å²) >= 11 is 1.31. The van der Waals surface area contributed by atoms with E-state index < -0.39 is 5.97 Å². The van der Waals surface area contributed by atoms with E-state index >= 15 is 0 Å². The normalized spacial score (nSPS) is 10.3. The molecule has 1 aromatic carbocycles. The number of esters is 1. The maximum absolute atomic E-state index is 12.3. The number of nitrogens with one attached hydrogen (secondary N) is 1. The van der Waals surface area contributed by atoms with Crippen LogP contribution in [0, 0.1) is 0 Å². The minimum atomic E-state index is -0.476. The minimum Gasteiger partial charge on any atom is -0.465 e. The maximum Gasteiger partial charge on any atom is 0.341 e. The van der Waals surface area contributed by atoms with Crippen LogP contribution in [0.3, 0.4) is 0 Å². The van der Waals surface area contributed by atoms with E-state index in [2.05, 4.69) is 10.3 Å². The van der Waals surface area contributed by atoms with Gasteiger partial charge in [0.25, 0.3) is 0 Å². The molecule has 6 heteroatoms. The average Bonchev–Trinajstić information content (AvgIpc) is 3.10. The molecule has 0 fully saturated rings. The van der Waals surface area contributed by atoms with Gasteiger partial charge in [-0.05, 0) is 29.7 Å². The number of ether oxygens (including phenoxy) is 1. The largest absolute Gasteiger partial charge is 0.465 e. The molecule has 132 valence electrons. The van der Waals surface area contributed by atoms with E-state index in [0.717, 1.165) is 16.7 Å². The number of carbonyl (C=O) groups is 2. The van der Waals surface area contributed by atoms with Crippen molar-refractivity contribution >= 4 is 28.2 Å². The molecule has 2 aromatic heterocycles. The van der Waals surface area contributed by atoms with Crippen LogP contribution in [0.1, 0.15) is 22.3 Å². The summed E-state index contributed by atoms with van der Waals surface area (Å²) in [6, 6.07) is 13.4. The summed E-state index contributed by atoms with van der Waals surface area (Å²) in [5.74, 6) is -0.612. The van der Waals surface area contributed by atoms with Gasteiger partial charge >= 0.3 is 5.97 Å². The number of hydrogen-bond acceptors (Lipinski definition) is 5. The van der Waals surface area contributed by atoms with Gasteiger partial charge in [-0.15, -0.1) is 11.3 Å². The van der Waals surface area contributed by atoms with Gasteiger partial charge in [-0.25, -0.2) is 4.79 Å². The zero-order valence-corrected chi connectivity index (χ0v) is 15.1. The third-order valence-electron chi connectivity index (χ3n) is 3.91. The van der Waals surface area contributed by atoms with Crippen LogP contribution in [0.15, 0.2) is 60.2 Å². The first-order valence-corrected chi connectivity index (χ1v) is 9.01. The Morgan fingerprint density at radius 3 is 2.54 bits per heavy atom. The number of aromatic nitrogens is 1. The van der Waals surface area contributed by atoms with Crippen LogP contribution < -0.4 is 5.32 Å². The highest BCUT2D eigenvalue weighted by molar-refractivity contribution is 7.15.